The predicted octanol–water partition coefficient (Wildman–Crippen LogP) is 2.70. The van der Waals surface area contributed by atoms with Gasteiger partial charge in [-0.1, -0.05) is 55.5 Å². The fraction of sp³-hybridized carbons (Fsp3) is 0.318. The lowest BCUT2D eigenvalue weighted by Gasteiger charge is -2.20. The van der Waals surface area contributed by atoms with Gasteiger partial charge >= 0.3 is 12.1 Å². The summed E-state index contributed by atoms with van der Waals surface area (Å²) in [4.78, 5) is 36.3. The molecule has 0 aromatic heterocycles. The average Bonchev–Trinajstić information content (AvgIpc) is 3.04. The molecule has 1 aliphatic rings. The van der Waals surface area contributed by atoms with Crippen molar-refractivity contribution < 1.29 is 24.2 Å². The molecule has 1 aliphatic carbocycles. The van der Waals surface area contributed by atoms with Gasteiger partial charge in [-0.2, -0.15) is 0 Å². The van der Waals surface area contributed by atoms with Crippen molar-refractivity contribution in [3.8, 4) is 11.1 Å². The van der Waals surface area contributed by atoms with Crippen LogP contribution in [0.5, 0.6) is 0 Å². The summed E-state index contributed by atoms with van der Waals surface area (Å²) in [6.45, 7) is 1.51. The Kier molecular flexibility index (Phi) is 6.16. The molecular weight excluding hydrogens is 372 g/mol. The number of carboxylic acid groups (broad SMARTS) is 1. The van der Waals surface area contributed by atoms with E-state index in [4.69, 9.17) is 9.84 Å². The number of hydrogen-bond donors (Lipinski definition) is 2. The lowest BCUT2D eigenvalue weighted by atomic mass is 9.98. The van der Waals surface area contributed by atoms with Gasteiger partial charge in [-0.3, -0.25) is 9.59 Å². The van der Waals surface area contributed by atoms with Crippen LogP contribution in [0, 0.1) is 5.92 Å². The van der Waals surface area contributed by atoms with Crippen molar-refractivity contribution >= 4 is 18.0 Å². The third-order valence-electron chi connectivity index (χ3n) is 5.12. The SMILES string of the molecule is CC(CN(C)C(=O)CNC(=O)OCC1c2ccccc2-c2ccccc21)C(=O)O. The molecule has 0 bridgehead atoms. The summed E-state index contributed by atoms with van der Waals surface area (Å²) in [5, 5.41) is 11.4. The number of likely N-dealkylation sites (N-methyl/N-ethyl adjacent to an activating group) is 1. The van der Waals surface area contributed by atoms with Gasteiger partial charge in [-0.25, -0.2) is 4.79 Å². The molecule has 0 radical (unpaired) electrons. The number of hydrogen-bond acceptors (Lipinski definition) is 4. The monoisotopic (exact) mass is 396 g/mol. The number of benzene rings is 2. The third kappa shape index (κ3) is 4.56. The first-order valence-electron chi connectivity index (χ1n) is 9.44. The molecule has 0 spiro atoms. The first-order valence-corrected chi connectivity index (χ1v) is 9.44. The van der Waals surface area contributed by atoms with Gasteiger partial charge in [0, 0.05) is 19.5 Å². The molecule has 0 saturated carbocycles. The number of carbonyl (C=O) groups excluding carboxylic acids is 2. The molecule has 2 aromatic carbocycles. The van der Waals surface area contributed by atoms with E-state index in [0.29, 0.717) is 0 Å². The summed E-state index contributed by atoms with van der Waals surface area (Å²) in [6.07, 6.45) is -0.681. The summed E-state index contributed by atoms with van der Waals surface area (Å²) in [5.41, 5.74) is 4.50. The Hall–Kier alpha value is -3.35. The van der Waals surface area contributed by atoms with E-state index in [2.05, 4.69) is 17.4 Å². The summed E-state index contributed by atoms with van der Waals surface area (Å²) < 4.78 is 5.37. The molecule has 3 rings (SSSR count). The van der Waals surface area contributed by atoms with Gasteiger partial charge in [0.15, 0.2) is 0 Å². The van der Waals surface area contributed by atoms with Gasteiger partial charge < -0.3 is 20.1 Å². The Morgan fingerprint density at radius 2 is 1.62 bits per heavy atom. The van der Waals surface area contributed by atoms with Gasteiger partial charge in [0.1, 0.15) is 13.2 Å². The molecule has 0 fully saturated rings. The van der Waals surface area contributed by atoms with Crippen LogP contribution in [0.2, 0.25) is 0 Å². The Balaban J connectivity index is 1.54. The van der Waals surface area contributed by atoms with Gasteiger partial charge in [-0.15, -0.1) is 0 Å². The standard InChI is InChI=1S/C22H24N2O5/c1-14(21(26)27)12-24(2)20(25)11-23-22(28)29-13-19-17-9-5-3-7-15(17)16-8-4-6-10-18(16)19/h3-10,14,19H,11-13H2,1-2H3,(H,23,28)(H,26,27). The van der Waals surface area contributed by atoms with Crippen molar-refractivity contribution in [2.45, 2.75) is 12.8 Å². The average molecular weight is 396 g/mol. The van der Waals surface area contributed by atoms with Crippen LogP contribution in [0.15, 0.2) is 48.5 Å². The van der Waals surface area contributed by atoms with Crippen LogP contribution < -0.4 is 5.32 Å². The number of nitrogens with one attached hydrogen (secondary N) is 1. The molecule has 2 aromatic rings. The quantitative estimate of drug-likeness (QED) is 0.750. The molecule has 0 aliphatic heterocycles. The van der Waals surface area contributed by atoms with E-state index < -0.39 is 18.0 Å². The first-order chi connectivity index (χ1) is 13.9. The minimum atomic E-state index is -0.978. The summed E-state index contributed by atoms with van der Waals surface area (Å²) in [7, 11) is 1.50. The number of aliphatic carboxylic acids is 1. The number of carbonyl (C=O) groups is 3. The molecule has 152 valence electrons. The van der Waals surface area contributed by atoms with E-state index >= 15 is 0 Å². The lowest BCUT2D eigenvalue weighted by Crippen LogP contribution is -2.41. The molecule has 0 heterocycles. The zero-order chi connectivity index (χ0) is 21.0. The van der Waals surface area contributed by atoms with Crippen molar-refractivity contribution in [3.05, 3.63) is 59.7 Å². The molecule has 2 N–H and O–H groups in total. The van der Waals surface area contributed by atoms with Crippen molar-refractivity contribution in [3.63, 3.8) is 0 Å². The summed E-state index contributed by atoms with van der Waals surface area (Å²) >= 11 is 0. The van der Waals surface area contributed by atoms with Crippen LogP contribution in [-0.4, -0.2) is 54.7 Å². The highest BCUT2D eigenvalue weighted by Gasteiger charge is 2.29. The molecule has 1 unspecified atom stereocenters. The molecule has 29 heavy (non-hydrogen) atoms. The molecule has 0 saturated heterocycles. The van der Waals surface area contributed by atoms with Crippen LogP contribution in [0.1, 0.15) is 24.0 Å². The summed E-state index contributed by atoms with van der Waals surface area (Å²) in [6, 6.07) is 16.1. The molecule has 7 heteroatoms. The molecule has 2 amide bonds. The normalized spacial score (nSPS) is 13.2. The van der Waals surface area contributed by atoms with Crippen LogP contribution >= 0.6 is 0 Å². The summed E-state index contributed by atoms with van der Waals surface area (Å²) in [5.74, 6) is -2.10. The molecular formula is C22H24N2O5. The maximum atomic E-state index is 12.1. The predicted molar refractivity (Wildman–Crippen MR) is 108 cm³/mol. The molecule has 7 nitrogen and oxygen atoms in total. The third-order valence-corrected chi connectivity index (χ3v) is 5.12. The van der Waals surface area contributed by atoms with E-state index in [1.54, 1.807) is 0 Å². The highest BCUT2D eigenvalue weighted by Crippen LogP contribution is 2.44. The minimum Gasteiger partial charge on any atom is -0.481 e. The zero-order valence-electron chi connectivity index (χ0n) is 16.4. The highest BCUT2D eigenvalue weighted by atomic mass is 16.5. The van der Waals surface area contributed by atoms with Crippen LogP contribution in [-0.2, 0) is 14.3 Å². The smallest absolute Gasteiger partial charge is 0.407 e. The largest absolute Gasteiger partial charge is 0.481 e. The first kappa shape index (κ1) is 20.4. The Morgan fingerprint density at radius 1 is 1.07 bits per heavy atom. The second-order valence-corrected chi connectivity index (χ2v) is 7.19. The van der Waals surface area contributed by atoms with Gasteiger partial charge in [-0.05, 0) is 22.3 Å². The van der Waals surface area contributed by atoms with Gasteiger partial charge in [0.2, 0.25) is 5.91 Å². The Labute approximate surface area is 169 Å². The number of alkyl carbamates (subject to hydrolysis) is 1. The lowest BCUT2D eigenvalue weighted by molar-refractivity contribution is -0.142. The van der Waals surface area contributed by atoms with Crippen molar-refractivity contribution in [2.75, 3.05) is 26.7 Å². The Morgan fingerprint density at radius 3 is 2.17 bits per heavy atom. The minimum absolute atomic E-state index is 0.0528. The number of nitrogens with zero attached hydrogens (tertiary/aromatic N) is 1. The van der Waals surface area contributed by atoms with Crippen molar-refractivity contribution in [2.24, 2.45) is 5.92 Å². The topological polar surface area (TPSA) is 95.9 Å². The number of ether oxygens (including phenoxy) is 1. The fourth-order valence-electron chi connectivity index (χ4n) is 3.52. The van der Waals surface area contributed by atoms with Crippen LogP contribution in [0.25, 0.3) is 11.1 Å². The highest BCUT2D eigenvalue weighted by molar-refractivity contribution is 5.83. The van der Waals surface area contributed by atoms with Gasteiger partial charge in [0.05, 0.1) is 5.92 Å². The molecule has 1 atom stereocenters. The van der Waals surface area contributed by atoms with Crippen molar-refractivity contribution in [1.82, 2.24) is 10.2 Å². The van der Waals surface area contributed by atoms with Gasteiger partial charge in [0.25, 0.3) is 0 Å². The van der Waals surface area contributed by atoms with E-state index in [-0.39, 0.29) is 31.5 Å². The second kappa shape index (κ2) is 8.77. The Bertz CT molecular complexity index is 881. The zero-order valence-corrected chi connectivity index (χ0v) is 16.4. The van der Waals surface area contributed by atoms with E-state index in [9.17, 15) is 14.4 Å². The van der Waals surface area contributed by atoms with E-state index in [1.165, 1.54) is 18.9 Å². The maximum Gasteiger partial charge on any atom is 0.407 e. The maximum absolute atomic E-state index is 12.1. The van der Waals surface area contributed by atoms with E-state index in [0.717, 1.165) is 22.3 Å². The van der Waals surface area contributed by atoms with Crippen LogP contribution in [0.4, 0.5) is 4.79 Å². The fourth-order valence-corrected chi connectivity index (χ4v) is 3.52. The number of rotatable bonds is 7. The number of fused-ring (bicyclic) bond motifs is 3. The van der Waals surface area contributed by atoms with Crippen LogP contribution in [0.3, 0.4) is 0 Å². The second-order valence-electron chi connectivity index (χ2n) is 7.19. The van der Waals surface area contributed by atoms with E-state index in [1.807, 2.05) is 36.4 Å². The number of carboxylic acids is 1. The van der Waals surface area contributed by atoms with Crippen molar-refractivity contribution in [1.29, 1.82) is 0 Å². The number of amides is 2.